The molecule has 1 rings (SSSR count). The minimum Gasteiger partial charge on any atom is -0.171 e. The molecule has 0 spiro atoms. The van der Waals surface area contributed by atoms with Gasteiger partial charge in [0.05, 0.1) is 5.92 Å². The molecule has 3 heteroatoms. The van der Waals surface area contributed by atoms with E-state index in [1.165, 1.54) is 0 Å². The standard InChI is InChI=1S/C11H19F3/c1-8(2)6-9-4-3-5-10(7-9)11(12,13)14/h8-10H,3-7H2,1-2H3. The summed E-state index contributed by atoms with van der Waals surface area (Å²) in [5, 5.41) is 0. The van der Waals surface area contributed by atoms with Gasteiger partial charge in [-0.2, -0.15) is 13.2 Å². The fraction of sp³-hybridized carbons (Fsp3) is 1.00. The fourth-order valence-corrected chi connectivity index (χ4v) is 2.47. The molecule has 0 saturated heterocycles. The molecule has 14 heavy (non-hydrogen) atoms. The summed E-state index contributed by atoms with van der Waals surface area (Å²) in [6.07, 6.45) is -0.561. The molecule has 0 aromatic carbocycles. The molecule has 0 aromatic heterocycles. The van der Waals surface area contributed by atoms with E-state index >= 15 is 0 Å². The third-order valence-corrected chi connectivity index (χ3v) is 3.05. The van der Waals surface area contributed by atoms with Gasteiger partial charge in [0.2, 0.25) is 0 Å². The van der Waals surface area contributed by atoms with Crippen molar-refractivity contribution >= 4 is 0 Å². The van der Waals surface area contributed by atoms with Crippen LogP contribution in [0.25, 0.3) is 0 Å². The van der Waals surface area contributed by atoms with Gasteiger partial charge in [0.25, 0.3) is 0 Å². The predicted octanol–water partition coefficient (Wildman–Crippen LogP) is 4.40. The SMILES string of the molecule is CC(C)CC1CCCC(C(F)(F)F)C1. The minimum atomic E-state index is -3.96. The summed E-state index contributed by atoms with van der Waals surface area (Å²) in [6, 6.07) is 0. The molecule has 1 aliphatic carbocycles. The largest absolute Gasteiger partial charge is 0.391 e. The number of rotatable bonds is 2. The fourth-order valence-electron chi connectivity index (χ4n) is 2.47. The lowest BCUT2D eigenvalue weighted by Crippen LogP contribution is -2.29. The second kappa shape index (κ2) is 4.54. The smallest absolute Gasteiger partial charge is 0.171 e. The molecule has 2 unspecified atom stereocenters. The van der Waals surface area contributed by atoms with E-state index in [1.807, 2.05) is 0 Å². The molecule has 0 radical (unpaired) electrons. The Labute approximate surface area is 83.9 Å². The molecule has 1 saturated carbocycles. The van der Waals surface area contributed by atoms with Crippen molar-refractivity contribution in [3.63, 3.8) is 0 Å². The van der Waals surface area contributed by atoms with E-state index in [-0.39, 0.29) is 0 Å². The van der Waals surface area contributed by atoms with Crippen molar-refractivity contribution in [1.82, 2.24) is 0 Å². The van der Waals surface area contributed by atoms with Gasteiger partial charge in [-0.1, -0.05) is 26.7 Å². The maximum atomic E-state index is 12.5. The van der Waals surface area contributed by atoms with Crippen LogP contribution in [0.15, 0.2) is 0 Å². The normalized spacial score (nSPS) is 29.6. The predicted molar refractivity (Wildman–Crippen MR) is 51.0 cm³/mol. The van der Waals surface area contributed by atoms with Gasteiger partial charge >= 0.3 is 6.18 Å². The second-order valence-corrected chi connectivity index (χ2v) is 4.90. The zero-order valence-electron chi connectivity index (χ0n) is 8.90. The van der Waals surface area contributed by atoms with Gasteiger partial charge in [0, 0.05) is 0 Å². The molecule has 0 aliphatic heterocycles. The van der Waals surface area contributed by atoms with Crippen LogP contribution >= 0.6 is 0 Å². The maximum Gasteiger partial charge on any atom is 0.391 e. The number of halogens is 3. The highest BCUT2D eigenvalue weighted by Crippen LogP contribution is 2.41. The van der Waals surface area contributed by atoms with Crippen molar-refractivity contribution in [2.45, 2.75) is 52.1 Å². The molecule has 1 aliphatic rings. The topological polar surface area (TPSA) is 0 Å². The second-order valence-electron chi connectivity index (χ2n) is 4.90. The minimum absolute atomic E-state index is 0.301. The summed E-state index contributed by atoms with van der Waals surface area (Å²) in [6.45, 7) is 4.16. The summed E-state index contributed by atoms with van der Waals surface area (Å²) < 4.78 is 37.4. The third kappa shape index (κ3) is 3.50. The summed E-state index contributed by atoms with van der Waals surface area (Å²) in [5.41, 5.74) is 0. The summed E-state index contributed by atoms with van der Waals surface area (Å²) in [4.78, 5) is 0. The molecular formula is C11H19F3. The highest BCUT2D eigenvalue weighted by atomic mass is 19.4. The van der Waals surface area contributed by atoms with Crippen LogP contribution in [0, 0.1) is 17.8 Å². The summed E-state index contributed by atoms with van der Waals surface area (Å²) in [7, 11) is 0. The van der Waals surface area contributed by atoms with Crippen LogP contribution in [0.3, 0.4) is 0 Å². The third-order valence-electron chi connectivity index (χ3n) is 3.05. The molecular weight excluding hydrogens is 189 g/mol. The van der Waals surface area contributed by atoms with Gasteiger partial charge in [-0.25, -0.2) is 0 Å². The van der Waals surface area contributed by atoms with Crippen LogP contribution in [0.1, 0.15) is 46.0 Å². The van der Waals surface area contributed by atoms with E-state index in [4.69, 9.17) is 0 Å². The van der Waals surface area contributed by atoms with E-state index in [9.17, 15) is 13.2 Å². The molecule has 0 bridgehead atoms. The molecule has 0 N–H and O–H groups in total. The first-order chi connectivity index (χ1) is 6.39. The van der Waals surface area contributed by atoms with E-state index in [2.05, 4.69) is 13.8 Å². The zero-order valence-corrected chi connectivity index (χ0v) is 8.90. The Morgan fingerprint density at radius 1 is 1.21 bits per heavy atom. The van der Waals surface area contributed by atoms with Gasteiger partial charge in [-0.15, -0.1) is 0 Å². The van der Waals surface area contributed by atoms with Crippen LogP contribution in [-0.2, 0) is 0 Å². The first kappa shape index (κ1) is 11.9. The summed E-state index contributed by atoms with van der Waals surface area (Å²) in [5.74, 6) is -0.206. The van der Waals surface area contributed by atoms with E-state index in [0.29, 0.717) is 24.7 Å². The Kier molecular flexibility index (Phi) is 3.85. The molecule has 0 heterocycles. The van der Waals surface area contributed by atoms with Gasteiger partial charge < -0.3 is 0 Å². The highest BCUT2D eigenvalue weighted by molar-refractivity contribution is 4.78. The van der Waals surface area contributed by atoms with Crippen LogP contribution in [0.5, 0.6) is 0 Å². The molecule has 0 aromatic rings. The van der Waals surface area contributed by atoms with Crippen molar-refractivity contribution in [2.75, 3.05) is 0 Å². The number of hydrogen-bond acceptors (Lipinski definition) is 0. The van der Waals surface area contributed by atoms with Crippen molar-refractivity contribution in [1.29, 1.82) is 0 Å². The Morgan fingerprint density at radius 3 is 2.36 bits per heavy atom. The lowest BCUT2D eigenvalue weighted by atomic mass is 9.77. The zero-order chi connectivity index (χ0) is 10.8. The number of alkyl halides is 3. The van der Waals surface area contributed by atoms with Crippen molar-refractivity contribution < 1.29 is 13.2 Å². The van der Waals surface area contributed by atoms with E-state index in [0.717, 1.165) is 19.3 Å². The molecule has 0 nitrogen and oxygen atoms in total. The Bertz CT molecular complexity index is 172. The number of hydrogen-bond donors (Lipinski definition) is 0. The maximum absolute atomic E-state index is 12.5. The van der Waals surface area contributed by atoms with E-state index in [1.54, 1.807) is 0 Å². The summed E-state index contributed by atoms with van der Waals surface area (Å²) >= 11 is 0. The highest BCUT2D eigenvalue weighted by Gasteiger charge is 2.41. The Morgan fingerprint density at radius 2 is 1.86 bits per heavy atom. The Hall–Kier alpha value is -0.210. The molecule has 2 atom stereocenters. The van der Waals surface area contributed by atoms with Crippen molar-refractivity contribution in [2.24, 2.45) is 17.8 Å². The van der Waals surface area contributed by atoms with Crippen LogP contribution in [0.2, 0.25) is 0 Å². The monoisotopic (exact) mass is 208 g/mol. The van der Waals surface area contributed by atoms with E-state index < -0.39 is 12.1 Å². The van der Waals surface area contributed by atoms with Crippen molar-refractivity contribution in [3.8, 4) is 0 Å². The lowest BCUT2D eigenvalue weighted by Gasteiger charge is -2.31. The first-order valence-electron chi connectivity index (χ1n) is 5.46. The van der Waals surface area contributed by atoms with Crippen LogP contribution in [-0.4, -0.2) is 6.18 Å². The molecule has 0 amide bonds. The van der Waals surface area contributed by atoms with Crippen LogP contribution in [0.4, 0.5) is 13.2 Å². The van der Waals surface area contributed by atoms with Gasteiger partial charge in [-0.05, 0) is 31.1 Å². The average Bonchev–Trinajstić information content (AvgIpc) is 2.01. The van der Waals surface area contributed by atoms with Gasteiger partial charge in [0.15, 0.2) is 0 Å². The van der Waals surface area contributed by atoms with Gasteiger partial charge in [0.1, 0.15) is 0 Å². The van der Waals surface area contributed by atoms with Crippen LogP contribution < -0.4 is 0 Å². The lowest BCUT2D eigenvalue weighted by molar-refractivity contribution is -0.186. The van der Waals surface area contributed by atoms with Crippen molar-refractivity contribution in [3.05, 3.63) is 0 Å². The molecule has 84 valence electrons. The van der Waals surface area contributed by atoms with Gasteiger partial charge in [-0.3, -0.25) is 0 Å². The molecule has 1 fully saturated rings. The first-order valence-corrected chi connectivity index (χ1v) is 5.46. The Balaban J connectivity index is 2.44. The quantitative estimate of drug-likeness (QED) is 0.631. The average molecular weight is 208 g/mol.